The van der Waals surface area contributed by atoms with Gasteiger partial charge in [-0.2, -0.15) is 0 Å². The van der Waals surface area contributed by atoms with Gasteiger partial charge in [0.1, 0.15) is 0 Å². The molecule has 2 aromatic heterocycles. The number of ether oxygens (including phenoxy) is 1. The average molecular weight is 332 g/mol. The van der Waals surface area contributed by atoms with Gasteiger partial charge in [0, 0.05) is 44.1 Å². The van der Waals surface area contributed by atoms with Gasteiger partial charge in [-0.15, -0.1) is 5.10 Å². The summed E-state index contributed by atoms with van der Waals surface area (Å²) in [4.78, 5) is 4.69. The zero-order chi connectivity index (χ0) is 16.4. The van der Waals surface area contributed by atoms with Crippen molar-refractivity contribution in [3.8, 4) is 0 Å². The van der Waals surface area contributed by atoms with Crippen molar-refractivity contribution < 1.29 is 13.6 Å². The largest absolute Gasteiger partial charge is 0.472 e. The van der Waals surface area contributed by atoms with Crippen LogP contribution in [0.15, 0.2) is 27.4 Å². The molecule has 24 heavy (non-hydrogen) atoms. The molecular weight excluding hydrogens is 308 g/mol. The van der Waals surface area contributed by atoms with Crippen molar-refractivity contribution in [1.82, 2.24) is 15.1 Å². The molecule has 4 rings (SSSR count). The number of hydrogen-bond acceptors (Lipinski definition) is 7. The zero-order valence-corrected chi connectivity index (χ0v) is 14.1. The van der Waals surface area contributed by atoms with Crippen molar-refractivity contribution in [2.24, 2.45) is 5.41 Å². The van der Waals surface area contributed by atoms with Gasteiger partial charge >= 0.3 is 6.01 Å². The lowest BCUT2D eigenvalue weighted by Gasteiger charge is -2.43. The summed E-state index contributed by atoms with van der Waals surface area (Å²) < 4.78 is 16.8. The first-order chi connectivity index (χ1) is 11.7. The third-order valence-electron chi connectivity index (χ3n) is 4.95. The van der Waals surface area contributed by atoms with Crippen LogP contribution in [0, 0.1) is 12.3 Å². The molecular formula is C17H24N4O3. The van der Waals surface area contributed by atoms with Crippen molar-refractivity contribution >= 4 is 6.01 Å². The molecule has 2 saturated heterocycles. The summed E-state index contributed by atoms with van der Waals surface area (Å²) in [5, 5.41) is 8.17. The average Bonchev–Trinajstić information content (AvgIpc) is 3.18. The number of aromatic nitrogens is 2. The first-order valence-electron chi connectivity index (χ1n) is 8.59. The first-order valence-corrected chi connectivity index (χ1v) is 8.59. The lowest BCUT2D eigenvalue weighted by Crippen LogP contribution is -2.50. The van der Waals surface area contributed by atoms with E-state index in [9.17, 15) is 0 Å². The molecule has 0 aliphatic carbocycles. The fourth-order valence-electron chi connectivity index (χ4n) is 3.90. The third-order valence-corrected chi connectivity index (χ3v) is 4.95. The minimum atomic E-state index is 0.112. The highest BCUT2D eigenvalue weighted by Gasteiger charge is 2.40. The second-order valence-electron chi connectivity index (χ2n) is 7.02. The second-order valence-corrected chi connectivity index (χ2v) is 7.02. The Hall–Kier alpha value is -1.86. The van der Waals surface area contributed by atoms with Crippen LogP contribution in [0.4, 0.5) is 6.01 Å². The highest BCUT2D eigenvalue weighted by atomic mass is 16.5. The van der Waals surface area contributed by atoms with Crippen LogP contribution in [0.25, 0.3) is 0 Å². The molecule has 1 atom stereocenters. The Balaban J connectivity index is 1.49. The maximum absolute atomic E-state index is 5.95. The van der Waals surface area contributed by atoms with E-state index in [1.54, 1.807) is 6.26 Å². The van der Waals surface area contributed by atoms with Gasteiger partial charge in [-0.25, -0.2) is 0 Å². The lowest BCUT2D eigenvalue weighted by atomic mass is 9.80. The molecule has 0 bridgehead atoms. The molecule has 7 heteroatoms. The quantitative estimate of drug-likeness (QED) is 0.852. The van der Waals surface area contributed by atoms with Crippen molar-refractivity contribution in [2.75, 3.05) is 44.3 Å². The molecule has 7 nitrogen and oxygen atoms in total. The van der Waals surface area contributed by atoms with E-state index < -0.39 is 0 Å². The summed E-state index contributed by atoms with van der Waals surface area (Å²) in [5.74, 6) is 0.606. The number of nitrogens with zero attached hydrogens (tertiary/aromatic N) is 4. The van der Waals surface area contributed by atoms with Crippen molar-refractivity contribution in [2.45, 2.75) is 26.3 Å². The van der Waals surface area contributed by atoms with Gasteiger partial charge < -0.3 is 18.5 Å². The molecule has 0 saturated carbocycles. The Labute approximate surface area is 141 Å². The van der Waals surface area contributed by atoms with Gasteiger partial charge in [-0.1, -0.05) is 5.10 Å². The number of anilines is 1. The standard InChI is InChI=1S/C17H24N4O3/c1-14-18-19-16(24-14)21-6-8-23-13-17(12-21)4-2-5-20(11-17)9-15-3-7-22-10-15/h3,7,10H,2,4-6,8-9,11-13H2,1H3. The number of likely N-dealkylation sites (tertiary alicyclic amines) is 1. The number of hydrogen-bond donors (Lipinski definition) is 0. The normalized spacial score (nSPS) is 26.0. The first kappa shape index (κ1) is 15.7. The van der Waals surface area contributed by atoms with Crippen LogP contribution in [-0.4, -0.2) is 54.5 Å². The van der Waals surface area contributed by atoms with Crippen LogP contribution in [0.2, 0.25) is 0 Å². The maximum atomic E-state index is 5.95. The van der Waals surface area contributed by atoms with Gasteiger partial charge in [-0.3, -0.25) is 4.90 Å². The van der Waals surface area contributed by atoms with E-state index in [1.807, 2.05) is 19.3 Å². The molecule has 2 aromatic rings. The third kappa shape index (κ3) is 3.32. The Kier molecular flexibility index (Phi) is 4.28. The lowest BCUT2D eigenvalue weighted by molar-refractivity contribution is 0.0105. The van der Waals surface area contributed by atoms with Crippen LogP contribution < -0.4 is 4.90 Å². The Bertz CT molecular complexity index is 657. The minimum Gasteiger partial charge on any atom is -0.472 e. The van der Waals surface area contributed by atoms with Crippen molar-refractivity contribution in [3.05, 3.63) is 30.0 Å². The maximum Gasteiger partial charge on any atom is 0.318 e. The molecule has 2 fully saturated rings. The van der Waals surface area contributed by atoms with Gasteiger partial charge in [0.2, 0.25) is 5.89 Å². The molecule has 1 spiro atoms. The van der Waals surface area contributed by atoms with E-state index in [1.165, 1.54) is 18.4 Å². The highest BCUT2D eigenvalue weighted by Crippen LogP contribution is 2.34. The van der Waals surface area contributed by atoms with Crippen molar-refractivity contribution in [3.63, 3.8) is 0 Å². The minimum absolute atomic E-state index is 0.112. The van der Waals surface area contributed by atoms with Crippen LogP contribution in [0.1, 0.15) is 24.3 Å². The molecule has 2 aliphatic heterocycles. The van der Waals surface area contributed by atoms with Gasteiger partial charge in [0.25, 0.3) is 0 Å². The fraction of sp³-hybridized carbons (Fsp3) is 0.647. The molecule has 0 amide bonds. The molecule has 0 N–H and O–H groups in total. The molecule has 1 unspecified atom stereocenters. The van der Waals surface area contributed by atoms with Crippen LogP contribution in [0.3, 0.4) is 0 Å². The number of aryl methyl sites for hydroxylation is 1. The van der Waals surface area contributed by atoms with Gasteiger partial charge in [-0.05, 0) is 25.5 Å². The predicted molar refractivity (Wildman–Crippen MR) is 87.7 cm³/mol. The smallest absolute Gasteiger partial charge is 0.318 e. The Morgan fingerprint density at radius 3 is 3.00 bits per heavy atom. The van der Waals surface area contributed by atoms with E-state index >= 15 is 0 Å². The molecule has 130 valence electrons. The van der Waals surface area contributed by atoms with E-state index in [0.29, 0.717) is 18.5 Å². The van der Waals surface area contributed by atoms with Gasteiger partial charge in [0.05, 0.1) is 25.7 Å². The summed E-state index contributed by atoms with van der Waals surface area (Å²) >= 11 is 0. The van der Waals surface area contributed by atoms with Crippen LogP contribution in [0.5, 0.6) is 0 Å². The predicted octanol–water partition coefficient (Wildman–Crippen LogP) is 2.09. The van der Waals surface area contributed by atoms with Crippen LogP contribution >= 0.6 is 0 Å². The number of rotatable bonds is 3. The van der Waals surface area contributed by atoms with E-state index in [2.05, 4.69) is 20.0 Å². The monoisotopic (exact) mass is 332 g/mol. The van der Waals surface area contributed by atoms with E-state index in [4.69, 9.17) is 13.6 Å². The molecule has 0 radical (unpaired) electrons. The topological polar surface area (TPSA) is 67.8 Å². The summed E-state index contributed by atoms with van der Waals surface area (Å²) in [5.41, 5.74) is 1.34. The molecule has 0 aromatic carbocycles. The summed E-state index contributed by atoms with van der Waals surface area (Å²) in [6.07, 6.45) is 5.91. The van der Waals surface area contributed by atoms with E-state index in [0.717, 1.165) is 39.3 Å². The molecule has 4 heterocycles. The second kappa shape index (κ2) is 6.57. The Morgan fingerprint density at radius 1 is 1.25 bits per heavy atom. The zero-order valence-electron chi connectivity index (χ0n) is 14.1. The summed E-state index contributed by atoms with van der Waals surface area (Å²) in [7, 11) is 0. The SMILES string of the molecule is Cc1nnc(N2CCOCC3(CCCN(Cc4ccoc4)C3)C2)o1. The van der Waals surface area contributed by atoms with Crippen LogP contribution in [-0.2, 0) is 11.3 Å². The number of furan rings is 1. The molecule has 2 aliphatic rings. The fourth-order valence-corrected chi connectivity index (χ4v) is 3.90. The summed E-state index contributed by atoms with van der Waals surface area (Å²) in [6, 6.07) is 2.66. The summed E-state index contributed by atoms with van der Waals surface area (Å²) in [6.45, 7) is 8.07. The van der Waals surface area contributed by atoms with E-state index in [-0.39, 0.29) is 5.41 Å². The van der Waals surface area contributed by atoms with Gasteiger partial charge in [0.15, 0.2) is 0 Å². The van der Waals surface area contributed by atoms with Crippen molar-refractivity contribution in [1.29, 1.82) is 0 Å². The Morgan fingerprint density at radius 2 is 2.21 bits per heavy atom. The highest BCUT2D eigenvalue weighted by molar-refractivity contribution is 5.26. The number of piperidine rings is 1.